The molecule has 1 aromatic rings. The van der Waals surface area contributed by atoms with Crippen molar-refractivity contribution < 1.29 is 28.6 Å². The summed E-state index contributed by atoms with van der Waals surface area (Å²) in [6, 6.07) is 4.50. The molecule has 2 rings (SSSR count). The Labute approximate surface area is 159 Å². The number of hydrogen-bond acceptors (Lipinski definition) is 6. The highest BCUT2D eigenvalue weighted by Crippen LogP contribution is 2.21. The van der Waals surface area contributed by atoms with Gasteiger partial charge in [0.1, 0.15) is 5.75 Å². The lowest BCUT2D eigenvalue weighted by atomic mass is 10.1. The zero-order chi connectivity index (χ0) is 19.8. The van der Waals surface area contributed by atoms with Gasteiger partial charge in [-0.25, -0.2) is 9.59 Å². The van der Waals surface area contributed by atoms with E-state index in [2.05, 4.69) is 5.32 Å². The molecule has 1 N–H and O–H groups in total. The van der Waals surface area contributed by atoms with Crippen LogP contribution in [0.4, 0.5) is 0 Å². The Hall–Kier alpha value is -2.57. The van der Waals surface area contributed by atoms with Gasteiger partial charge < -0.3 is 19.5 Å². The van der Waals surface area contributed by atoms with Gasteiger partial charge in [0.15, 0.2) is 6.10 Å². The molecule has 0 radical (unpaired) electrons. The lowest BCUT2D eigenvalue weighted by Crippen LogP contribution is -2.41. The fourth-order valence-electron chi connectivity index (χ4n) is 2.98. The molecule has 7 nitrogen and oxygen atoms in total. The van der Waals surface area contributed by atoms with E-state index < -0.39 is 18.0 Å². The molecule has 1 aromatic carbocycles. The lowest BCUT2D eigenvalue weighted by Gasteiger charge is -2.18. The van der Waals surface area contributed by atoms with Crippen molar-refractivity contribution in [2.75, 3.05) is 13.2 Å². The van der Waals surface area contributed by atoms with Crippen LogP contribution < -0.4 is 10.1 Å². The van der Waals surface area contributed by atoms with Gasteiger partial charge in [-0.2, -0.15) is 0 Å². The average Bonchev–Trinajstić information content (AvgIpc) is 3.14. The van der Waals surface area contributed by atoms with Crippen molar-refractivity contribution in [3.8, 4) is 5.75 Å². The van der Waals surface area contributed by atoms with Crippen molar-refractivity contribution in [3.63, 3.8) is 0 Å². The van der Waals surface area contributed by atoms with Crippen molar-refractivity contribution in [1.29, 1.82) is 0 Å². The molecule has 1 atom stereocenters. The Kier molecular flexibility index (Phi) is 7.64. The van der Waals surface area contributed by atoms with Crippen LogP contribution in [-0.4, -0.2) is 43.2 Å². The van der Waals surface area contributed by atoms with Crippen LogP contribution >= 0.6 is 0 Å². The largest absolute Gasteiger partial charge is 0.481 e. The average molecular weight is 377 g/mol. The Morgan fingerprint density at radius 1 is 1.00 bits per heavy atom. The highest BCUT2D eigenvalue weighted by atomic mass is 16.5. The van der Waals surface area contributed by atoms with Crippen molar-refractivity contribution in [3.05, 3.63) is 29.3 Å². The Bertz CT molecular complexity index is 645. The van der Waals surface area contributed by atoms with Crippen molar-refractivity contribution in [2.45, 2.75) is 58.6 Å². The summed E-state index contributed by atoms with van der Waals surface area (Å²) in [5.41, 5.74) is 0.335. The van der Waals surface area contributed by atoms with Gasteiger partial charge in [-0.3, -0.25) is 4.79 Å². The van der Waals surface area contributed by atoms with Gasteiger partial charge in [0, 0.05) is 6.04 Å². The highest BCUT2D eigenvalue weighted by molar-refractivity contribution is 5.96. The molecule has 0 heterocycles. The molecule has 0 aromatic heterocycles. The van der Waals surface area contributed by atoms with E-state index in [1.165, 1.54) is 18.2 Å². The van der Waals surface area contributed by atoms with E-state index in [1.807, 2.05) is 0 Å². The smallest absolute Gasteiger partial charge is 0.338 e. The molecule has 0 bridgehead atoms. The minimum atomic E-state index is -0.766. The third-order valence-corrected chi connectivity index (χ3v) is 4.31. The molecule has 7 heteroatoms. The number of benzene rings is 1. The molecule has 0 aliphatic heterocycles. The summed E-state index contributed by atoms with van der Waals surface area (Å²) in [5, 5.41) is 2.97. The van der Waals surface area contributed by atoms with E-state index in [-0.39, 0.29) is 42.0 Å². The van der Waals surface area contributed by atoms with Gasteiger partial charge in [0.2, 0.25) is 0 Å². The lowest BCUT2D eigenvalue weighted by molar-refractivity contribution is -0.127. The monoisotopic (exact) mass is 377 g/mol. The van der Waals surface area contributed by atoms with E-state index in [9.17, 15) is 14.4 Å². The second kappa shape index (κ2) is 9.94. The summed E-state index contributed by atoms with van der Waals surface area (Å²) in [7, 11) is 0. The molecule has 1 fully saturated rings. The first kappa shape index (κ1) is 20.7. The summed E-state index contributed by atoms with van der Waals surface area (Å²) in [5.74, 6) is -1.13. The van der Waals surface area contributed by atoms with Gasteiger partial charge >= 0.3 is 11.9 Å². The summed E-state index contributed by atoms with van der Waals surface area (Å²) in [6.45, 7) is 5.43. The molecule has 0 unspecified atom stereocenters. The topological polar surface area (TPSA) is 90.9 Å². The number of ether oxygens (including phenoxy) is 3. The van der Waals surface area contributed by atoms with Crippen molar-refractivity contribution in [1.82, 2.24) is 5.32 Å². The standard InChI is InChI=1S/C20H27NO6/c1-4-25-19(23)14-10-15(20(24)26-5-2)12-17(11-14)27-13(3)18(22)21-16-8-6-7-9-16/h10-13,16H,4-9H2,1-3H3,(H,21,22)/t13-/m0/s1. The van der Waals surface area contributed by atoms with Gasteiger partial charge in [-0.1, -0.05) is 12.8 Å². The van der Waals surface area contributed by atoms with Gasteiger partial charge in [-0.15, -0.1) is 0 Å². The number of carbonyl (C=O) groups is 3. The molecular formula is C20H27NO6. The third kappa shape index (κ3) is 5.98. The van der Waals surface area contributed by atoms with Gasteiger partial charge in [-0.05, 0) is 51.8 Å². The number of carbonyl (C=O) groups excluding carboxylic acids is 3. The Morgan fingerprint density at radius 2 is 1.52 bits per heavy atom. The van der Waals surface area contributed by atoms with Gasteiger partial charge in [0.25, 0.3) is 5.91 Å². The zero-order valence-corrected chi connectivity index (χ0v) is 16.1. The van der Waals surface area contributed by atoms with E-state index in [0.717, 1.165) is 25.7 Å². The van der Waals surface area contributed by atoms with Crippen LogP contribution in [0.5, 0.6) is 5.75 Å². The second-order valence-electron chi connectivity index (χ2n) is 6.44. The van der Waals surface area contributed by atoms with Gasteiger partial charge in [0.05, 0.1) is 24.3 Å². The van der Waals surface area contributed by atoms with E-state index >= 15 is 0 Å². The molecule has 148 valence electrons. The van der Waals surface area contributed by atoms with E-state index in [4.69, 9.17) is 14.2 Å². The predicted molar refractivity (Wildman–Crippen MR) is 98.8 cm³/mol. The molecule has 27 heavy (non-hydrogen) atoms. The Balaban J connectivity index is 2.16. The number of rotatable bonds is 8. The molecule has 0 spiro atoms. The molecule has 0 saturated heterocycles. The van der Waals surface area contributed by atoms with Crippen LogP contribution in [0.25, 0.3) is 0 Å². The maximum Gasteiger partial charge on any atom is 0.338 e. The number of esters is 2. The molecule has 1 amide bonds. The zero-order valence-electron chi connectivity index (χ0n) is 16.1. The predicted octanol–water partition coefficient (Wildman–Crippen LogP) is 2.87. The van der Waals surface area contributed by atoms with Crippen molar-refractivity contribution in [2.24, 2.45) is 0 Å². The normalized spacial score (nSPS) is 15.1. The molecule has 1 saturated carbocycles. The molecule has 1 aliphatic carbocycles. The maximum absolute atomic E-state index is 12.3. The van der Waals surface area contributed by atoms with Crippen LogP contribution in [0.15, 0.2) is 18.2 Å². The highest BCUT2D eigenvalue weighted by Gasteiger charge is 2.23. The van der Waals surface area contributed by atoms with Crippen LogP contribution in [0.1, 0.15) is 67.2 Å². The van der Waals surface area contributed by atoms with Crippen LogP contribution in [-0.2, 0) is 14.3 Å². The van der Waals surface area contributed by atoms with Crippen LogP contribution in [0.2, 0.25) is 0 Å². The quantitative estimate of drug-likeness (QED) is 0.701. The van der Waals surface area contributed by atoms with E-state index in [1.54, 1.807) is 20.8 Å². The summed E-state index contributed by atoms with van der Waals surface area (Å²) < 4.78 is 15.7. The number of nitrogens with one attached hydrogen (secondary N) is 1. The van der Waals surface area contributed by atoms with Crippen LogP contribution in [0, 0.1) is 0 Å². The first-order chi connectivity index (χ1) is 12.9. The fraction of sp³-hybridized carbons (Fsp3) is 0.550. The minimum Gasteiger partial charge on any atom is -0.481 e. The minimum absolute atomic E-state index is 0.167. The number of amides is 1. The van der Waals surface area contributed by atoms with Crippen LogP contribution in [0.3, 0.4) is 0 Å². The summed E-state index contributed by atoms with van der Waals surface area (Å²) in [4.78, 5) is 36.5. The molecule has 1 aliphatic rings. The molecular weight excluding hydrogens is 350 g/mol. The fourth-order valence-corrected chi connectivity index (χ4v) is 2.98. The maximum atomic E-state index is 12.3. The third-order valence-electron chi connectivity index (χ3n) is 4.31. The Morgan fingerprint density at radius 3 is 2.00 bits per heavy atom. The first-order valence-corrected chi connectivity index (χ1v) is 9.41. The summed E-state index contributed by atoms with van der Waals surface area (Å²) >= 11 is 0. The van der Waals surface area contributed by atoms with Crippen molar-refractivity contribution >= 4 is 17.8 Å². The second-order valence-corrected chi connectivity index (χ2v) is 6.44. The summed E-state index contributed by atoms with van der Waals surface area (Å²) in [6.07, 6.45) is 3.42. The SMILES string of the molecule is CCOC(=O)c1cc(O[C@@H](C)C(=O)NC2CCCC2)cc(C(=O)OCC)c1. The first-order valence-electron chi connectivity index (χ1n) is 9.41. The number of hydrogen-bond donors (Lipinski definition) is 1. The van der Waals surface area contributed by atoms with E-state index in [0.29, 0.717) is 0 Å².